The summed E-state index contributed by atoms with van der Waals surface area (Å²) in [7, 11) is 4.41. The number of thiazole rings is 1. The maximum Gasteiger partial charge on any atom is 0.185 e. The molecule has 0 radical (unpaired) electrons. The van der Waals surface area contributed by atoms with Gasteiger partial charge < -0.3 is 15.1 Å². The third-order valence-electron chi connectivity index (χ3n) is 3.95. The van der Waals surface area contributed by atoms with Crippen molar-refractivity contribution in [1.29, 1.82) is 0 Å². The zero-order valence-corrected chi connectivity index (χ0v) is 13.4. The molecule has 1 fully saturated rings. The number of aryl methyl sites for hydroxylation is 1. The van der Waals surface area contributed by atoms with Crippen LogP contribution in [0.5, 0.6) is 0 Å². The summed E-state index contributed by atoms with van der Waals surface area (Å²) in [5, 5.41) is 4.57. The topological polar surface area (TPSA) is 31.4 Å². The first kappa shape index (κ1) is 14.8. The summed E-state index contributed by atoms with van der Waals surface area (Å²) in [6, 6.07) is 0.647. The van der Waals surface area contributed by atoms with E-state index in [9.17, 15) is 0 Å². The first-order valence-electron chi connectivity index (χ1n) is 7.20. The summed E-state index contributed by atoms with van der Waals surface area (Å²) in [5.74, 6) is 0. The molecule has 1 aliphatic rings. The maximum atomic E-state index is 4.75. The Hall–Kier alpha value is -0.650. The Kier molecular flexibility index (Phi) is 5.19. The van der Waals surface area contributed by atoms with Gasteiger partial charge in [-0.15, -0.1) is 11.3 Å². The minimum atomic E-state index is 0.647. The van der Waals surface area contributed by atoms with E-state index in [1.807, 2.05) is 11.3 Å². The third-order valence-corrected chi connectivity index (χ3v) is 5.20. The number of hydrogen-bond acceptors (Lipinski definition) is 5. The number of rotatable bonds is 5. The molecule has 0 aromatic carbocycles. The minimum Gasteiger partial charge on any atom is -0.348 e. The normalized spacial score (nSPS) is 17.9. The van der Waals surface area contributed by atoms with Crippen LogP contribution < -0.4 is 10.2 Å². The van der Waals surface area contributed by atoms with E-state index in [4.69, 9.17) is 4.98 Å². The summed E-state index contributed by atoms with van der Waals surface area (Å²) in [4.78, 5) is 10.9. The lowest BCUT2D eigenvalue weighted by molar-refractivity contribution is 0.253. The van der Waals surface area contributed by atoms with Crippen molar-refractivity contribution in [3.05, 3.63) is 10.6 Å². The highest BCUT2D eigenvalue weighted by atomic mass is 32.1. The first-order valence-corrected chi connectivity index (χ1v) is 8.01. The molecule has 0 saturated carbocycles. The van der Waals surface area contributed by atoms with E-state index in [1.165, 1.54) is 41.6 Å². The van der Waals surface area contributed by atoms with Gasteiger partial charge in [0.25, 0.3) is 0 Å². The van der Waals surface area contributed by atoms with Gasteiger partial charge in [0.15, 0.2) is 5.13 Å². The number of likely N-dealkylation sites (tertiary alicyclic amines) is 1. The van der Waals surface area contributed by atoms with Crippen LogP contribution in [-0.2, 0) is 6.54 Å². The second-order valence-electron chi connectivity index (χ2n) is 5.43. The number of nitrogens with zero attached hydrogens (tertiary/aromatic N) is 3. The molecule has 1 aliphatic heterocycles. The van der Waals surface area contributed by atoms with E-state index < -0.39 is 0 Å². The van der Waals surface area contributed by atoms with E-state index in [0.717, 1.165) is 13.1 Å². The molecule has 1 aromatic heterocycles. The Bertz CT molecular complexity index is 396. The van der Waals surface area contributed by atoms with Crippen molar-refractivity contribution in [3.63, 3.8) is 0 Å². The smallest absolute Gasteiger partial charge is 0.185 e. The number of nitrogens with one attached hydrogen (secondary N) is 1. The van der Waals surface area contributed by atoms with Crippen molar-refractivity contribution in [3.8, 4) is 0 Å². The van der Waals surface area contributed by atoms with Crippen molar-refractivity contribution < 1.29 is 0 Å². The number of hydrogen-bond donors (Lipinski definition) is 1. The number of aromatic nitrogens is 1. The largest absolute Gasteiger partial charge is 0.348 e. The van der Waals surface area contributed by atoms with Crippen molar-refractivity contribution in [1.82, 2.24) is 15.2 Å². The molecule has 19 heavy (non-hydrogen) atoms. The Morgan fingerprint density at radius 3 is 2.74 bits per heavy atom. The zero-order chi connectivity index (χ0) is 13.8. The highest BCUT2D eigenvalue weighted by Crippen LogP contribution is 2.28. The van der Waals surface area contributed by atoms with Gasteiger partial charge in [0.05, 0.1) is 5.69 Å². The number of anilines is 1. The maximum absolute atomic E-state index is 4.75. The Labute approximate surface area is 120 Å². The lowest BCUT2D eigenvalue weighted by Crippen LogP contribution is -2.41. The summed E-state index contributed by atoms with van der Waals surface area (Å²) in [6.45, 7) is 8.61. The van der Waals surface area contributed by atoms with E-state index >= 15 is 0 Å². The molecule has 0 bridgehead atoms. The molecule has 1 aromatic rings. The second-order valence-corrected chi connectivity index (χ2v) is 6.49. The van der Waals surface area contributed by atoms with Gasteiger partial charge in [0.2, 0.25) is 0 Å². The summed E-state index contributed by atoms with van der Waals surface area (Å²) in [6.07, 6.45) is 2.49. The Morgan fingerprint density at radius 2 is 2.11 bits per heavy atom. The molecule has 0 atom stereocenters. The highest BCUT2D eigenvalue weighted by Gasteiger charge is 2.23. The second kappa shape index (κ2) is 6.68. The molecule has 2 rings (SSSR count). The van der Waals surface area contributed by atoms with Crippen LogP contribution in [0.3, 0.4) is 0 Å². The van der Waals surface area contributed by atoms with Crippen LogP contribution in [0.2, 0.25) is 0 Å². The van der Waals surface area contributed by atoms with Crippen LogP contribution >= 0.6 is 11.3 Å². The molecule has 4 nitrogen and oxygen atoms in total. The zero-order valence-electron chi connectivity index (χ0n) is 12.6. The molecular formula is C14H26N4S. The van der Waals surface area contributed by atoms with Gasteiger partial charge in [-0.1, -0.05) is 6.92 Å². The molecule has 0 aliphatic carbocycles. The first-order chi connectivity index (χ1) is 9.11. The van der Waals surface area contributed by atoms with Crippen LogP contribution in [0.25, 0.3) is 0 Å². The van der Waals surface area contributed by atoms with Gasteiger partial charge >= 0.3 is 0 Å². The lowest BCUT2D eigenvalue weighted by atomic mass is 10.0. The van der Waals surface area contributed by atoms with Crippen molar-refractivity contribution in [2.75, 3.05) is 38.6 Å². The molecule has 0 unspecified atom stereocenters. The average Bonchev–Trinajstić information content (AvgIpc) is 2.78. The summed E-state index contributed by atoms with van der Waals surface area (Å²) >= 11 is 1.84. The van der Waals surface area contributed by atoms with Gasteiger partial charge in [-0.3, -0.25) is 0 Å². The fourth-order valence-corrected chi connectivity index (χ4v) is 3.57. The lowest BCUT2D eigenvalue weighted by Gasteiger charge is -2.34. The van der Waals surface area contributed by atoms with Crippen LogP contribution in [0.15, 0.2) is 0 Å². The average molecular weight is 282 g/mol. The van der Waals surface area contributed by atoms with Crippen LogP contribution in [0, 0.1) is 6.92 Å². The van der Waals surface area contributed by atoms with E-state index in [1.54, 1.807) is 0 Å². The van der Waals surface area contributed by atoms with Crippen molar-refractivity contribution in [2.45, 2.75) is 39.3 Å². The fraction of sp³-hybridized carbons (Fsp3) is 0.786. The standard InChI is InChI=1S/C14H26N4S/c1-5-15-10-13-11(2)16-14(19-13)18(4)12-6-8-17(3)9-7-12/h12,15H,5-10H2,1-4H3. The quantitative estimate of drug-likeness (QED) is 0.896. The molecule has 0 amide bonds. The van der Waals surface area contributed by atoms with E-state index in [2.05, 4.69) is 43.1 Å². The van der Waals surface area contributed by atoms with Crippen LogP contribution in [-0.4, -0.2) is 49.7 Å². The molecule has 1 N–H and O–H groups in total. The monoisotopic (exact) mass is 282 g/mol. The number of piperidine rings is 1. The summed E-state index contributed by atoms with van der Waals surface area (Å²) in [5.41, 5.74) is 1.18. The van der Waals surface area contributed by atoms with Crippen LogP contribution in [0.1, 0.15) is 30.3 Å². The van der Waals surface area contributed by atoms with Gasteiger partial charge in [-0.25, -0.2) is 4.98 Å². The Morgan fingerprint density at radius 1 is 1.42 bits per heavy atom. The van der Waals surface area contributed by atoms with Crippen molar-refractivity contribution in [2.24, 2.45) is 0 Å². The molecule has 108 valence electrons. The SMILES string of the molecule is CCNCc1sc(N(C)C2CCN(C)CC2)nc1C. The van der Waals surface area contributed by atoms with Crippen molar-refractivity contribution >= 4 is 16.5 Å². The van der Waals surface area contributed by atoms with Gasteiger partial charge in [-0.05, 0) is 46.4 Å². The van der Waals surface area contributed by atoms with Crippen LogP contribution in [0.4, 0.5) is 5.13 Å². The Balaban J connectivity index is 2.00. The molecular weight excluding hydrogens is 256 g/mol. The fourth-order valence-electron chi connectivity index (χ4n) is 2.50. The molecule has 1 saturated heterocycles. The minimum absolute atomic E-state index is 0.647. The molecule has 5 heteroatoms. The predicted octanol–water partition coefficient (Wildman–Crippen LogP) is 2.09. The van der Waals surface area contributed by atoms with Gasteiger partial charge in [-0.2, -0.15) is 0 Å². The highest BCUT2D eigenvalue weighted by molar-refractivity contribution is 7.15. The predicted molar refractivity (Wildman–Crippen MR) is 83.2 cm³/mol. The van der Waals surface area contributed by atoms with Gasteiger partial charge in [0, 0.05) is 24.5 Å². The van der Waals surface area contributed by atoms with E-state index in [-0.39, 0.29) is 0 Å². The molecule has 0 spiro atoms. The molecule has 2 heterocycles. The third kappa shape index (κ3) is 3.68. The van der Waals surface area contributed by atoms with E-state index in [0.29, 0.717) is 6.04 Å². The van der Waals surface area contributed by atoms with Gasteiger partial charge in [0.1, 0.15) is 0 Å². The summed E-state index contributed by atoms with van der Waals surface area (Å²) < 4.78 is 0.